The van der Waals surface area contributed by atoms with Crippen LogP contribution in [-0.4, -0.2) is 45.4 Å². The number of aromatic nitrogens is 4. The Morgan fingerprint density at radius 2 is 1.94 bits per heavy atom. The summed E-state index contributed by atoms with van der Waals surface area (Å²) in [6.45, 7) is 4.49. The third-order valence-corrected chi connectivity index (χ3v) is 7.78. The first-order chi connectivity index (χ1) is 15.8. The molecule has 33 heavy (non-hydrogen) atoms. The molecule has 172 valence electrons. The zero-order valence-electron chi connectivity index (χ0n) is 17.8. The molecule has 4 heterocycles. The minimum atomic E-state index is -3.28. The largest absolute Gasteiger partial charge is 0.328 e. The van der Waals surface area contributed by atoms with Crippen molar-refractivity contribution in [2.45, 2.75) is 26.4 Å². The summed E-state index contributed by atoms with van der Waals surface area (Å²) < 4.78 is 42.2. The predicted octanol–water partition coefficient (Wildman–Crippen LogP) is 4.58. The van der Waals surface area contributed by atoms with Gasteiger partial charge in [-0.25, -0.2) is 18.7 Å². The summed E-state index contributed by atoms with van der Waals surface area (Å²) >= 11 is 1.21. The molecule has 1 atom stereocenters. The van der Waals surface area contributed by atoms with Crippen molar-refractivity contribution < 1.29 is 18.3 Å². The number of allylic oxidation sites excluding steroid dienone is 2. The number of anilines is 1. The third-order valence-electron chi connectivity index (χ3n) is 5.58. The van der Waals surface area contributed by atoms with E-state index in [1.54, 1.807) is 30.2 Å². The predicted molar refractivity (Wildman–Crippen MR) is 125 cm³/mol. The zero-order chi connectivity index (χ0) is 23.3. The number of nitrogens with zero attached hydrogens (tertiary/aromatic N) is 6. The zero-order valence-corrected chi connectivity index (χ0v) is 19.4. The SMILES string of the molecule is Cc1nsc(-c2nc(N3C=CC=CS3(O)O)c3n2CCN(C(=O)c2ccc(F)cc2)[C@@H]3C)n1. The first-order valence-corrected chi connectivity index (χ1v) is 12.5. The highest BCUT2D eigenvalue weighted by Crippen LogP contribution is 2.52. The summed E-state index contributed by atoms with van der Waals surface area (Å²) in [6.07, 6.45) is 4.81. The number of rotatable bonds is 3. The fraction of sp³-hybridized carbons (Fsp3) is 0.238. The highest BCUT2D eigenvalue weighted by atomic mass is 32.3. The number of hydrogen-bond donors (Lipinski definition) is 2. The van der Waals surface area contributed by atoms with E-state index < -0.39 is 22.6 Å². The Hall–Kier alpha value is -3.06. The van der Waals surface area contributed by atoms with E-state index in [0.717, 1.165) is 0 Å². The summed E-state index contributed by atoms with van der Waals surface area (Å²) in [7, 11) is -3.28. The molecular weight excluding hydrogens is 467 g/mol. The number of aryl methyl sites for hydroxylation is 1. The lowest BCUT2D eigenvalue weighted by Gasteiger charge is -2.42. The molecule has 2 N–H and O–H groups in total. The van der Waals surface area contributed by atoms with Gasteiger partial charge in [0.05, 0.1) is 11.7 Å². The molecule has 0 saturated carbocycles. The Bertz CT molecular complexity index is 1280. The van der Waals surface area contributed by atoms with Gasteiger partial charge in [0.25, 0.3) is 5.91 Å². The molecule has 1 aromatic carbocycles. The second-order valence-corrected chi connectivity index (χ2v) is 10.2. The topological polar surface area (TPSA) is 108 Å². The van der Waals surface area contributed by atoms with Crippen molar-refractivity contribution in [3.63, 3.8) is 0 Å². The summed E-state index contributed by atoms with van der Waals surface area (Å²) in [5.41, 5.74) is 1.03. The number of hydrogen-bond acceptors (Lipinski definition) is 8. The molecular formula is C21H21FN6O3S2. The van der Waals surface area contributed by atoms with Crippen molar-refractivity contribution in [3.05, 3.63) is 70.9 Å². The molecule has 0 aliphatic carbocycles. The Morgan fingerprint density at radius 1 is 1.18 bits per heavy atom. The van der Waals surface area contributed by atoms with Crippen LogP contribution in [0.1, 0.15) is 34.8 Å². The van der Waals surface area contributed by atoms with Crippen LogP contribution in [0.25, 0.3) is 10.8 Å². The van der Waals surface area contributed by atoms with E-state index in [9.17, 15) is 18.3 Å². The van der Waals surface area contributed by atoms with Crippen molar-refractivity contribution in [2.24, 2.45) is 0 Å². The second-order valence-electron chi connectivity index (χ2n) is 7.68. The summed E-state index contributed by atoms with van der Waals surface area (Å²) in [5, 5.41) is 1.93. The Morgan fingerprint density at radius 3 is 2.61 bits per heavy atom. The third kappa shape index (κ3) is 3.74. The Labute approximate surface area is 195 Å². The summed E-state index contributed by atoms with van der Waals surface area (Å²) in [5.74, 6) is 0.864. The van der Waals surface area contributed by atoms with Crippen molar-refractivity contribution >= 4 is 34.0 Å². The van der Waals surface area contributed by atoms with E-state index in [4.69, 9.17) is 4.98 Å². The van der Waals surface area contributed by atoms with Crippen LogP contribution in [0.4, 0.5) is 10.2 Å². The normalized spacial score (nSPS) is 20.1. The van der Waals surface area contributed by atoms with Crippen molar-refractivity contribution in [1.29, 1.82) is 0 Å². The van der Waals surface area contributed by atoms with E-state index in [2.05, 4.69) is 9.36 Å². The lowest BCUT2D eigenvalue weighted by atomic mass is 10.1. The summed E-state index contributed by atoms with van der Waals surface area (Å²) in [6, 6.07) is 4.99. The molecule has 0 fully saturated rings. The maximum absolute atomic E-state index is 13.4. The van der Waals surface area contributed by atoms with Gasteiger partial charge in [-0.05, 0) is 61.8 Å². The smallest absolute Gasteiger partial charge is 0.254 e. The van der Waals surface area contributed by atoms with Crippen LogP contribution in [0, 0.1) is 12.7 Å². The van der Waals surface area contributed by atoms with Crippen LogP contribution in [0.3, 0.4) is 0 Å². The van der Waals surface area contributed by atoms with Gasteiger partial charge < -0.3 is 9.47 Å². The van der Waals surface area contributed by atoms with Gasteiger partial charge in [-0.2, -0.15) is 4.37 Å². The molecule has 2 aliphatic rings. The first-order valence-electron chi connectivity index (χ1n) is 10.2. The number of benzene rings is 1. The van der Waals surface area contributed by atoms with Gasteiger partial charge in [-0.3, -0.25) is 13.9 Å². The van der Waals surface area contributed by atoms with Crippen LogP contribution in [0.15, 0.2) is 48.0 Å². The number of halogens is 1. The summed E-state index contributed by atoms with van der Waals surface area (Å²) in [4.78, 5) is 24.1. The molecule has 0 bridgehead atoms. The number of carbonyl (C=O) groups is 1. The van der Waals surface area contributed by atoms with Gasteiger partial charge in [-0.1, -0.05) is 10.8 Å². The monoisotopic (exact) mass is 488 g/mol. The van der Waals surface area contributed by atoms with E-state index >= 15 is 0 Å². The minimum absolute atomic E-state index is 0.241. The molecule has 0 radical (unpaired) electrons. The molecule has 0 saturated heterocycles. The highest BCUT2D eigenvalue weighted by molar-refractivity contribution is 8.28. The number of imidazole rings is 1. The molecule has 9 nitrogen and oxygen atoms in total. The van der Waals surface area contributed by atoms with E-state index in [0.29, 0.717) is 46.8 Å². The van der Waals surface area contributed by atoms with Crippen LogP contribution in [0.5, 0.6) is 0 Å². The van der Waals surface area contributed by atoms with Crippen molar-refractivity contribution in [2.75, 3.05) is 10.8 Å². The maximum atomic E-state index is 13.4. The van der Waals surface area contributed by atoms with Gasteiger partial charge in [0.2, 0.25) is 0 Å². The number of fused-ring (bicyclic) bond motifs is 1. The van der Waals surface area contributed by atoms with Gasteiger partial charge >= 0.3 is 0 Å². The molecule has 12 heteroatoms. The van der Waals surface area contributed by atoms with E-state index in [1.807, 2.05) is 11.5 Å². The van der Waals surface area contributed by atoms with Gasteiger partial charge in [0, 0.05) is 30.3 Å². The maximum Gasteiger partial charge on any atom is 0.254 e. The van der Waals surface area contributed by atoms with Crippen LogP contribution in [-0.2, 0) is 6.54 Å². The van der Waals surface area contributed by atoms with Crippen molar-refractivity contribution in [3.8, 4) is 10.8 Å². The van der Waals surface area contributed by atoms with Gasteiger partial charge in [0.1, 0.15) is 11.6 Å². The standard InChI is InChI=1S/C21H21FN6O3S2/c1-13-17-18(28-9-3-4-12-33(28,30)31)24-19(20-23-14(2)25-32-20)27(17)11-10-26(13)21(29)15-5-7-16(22)8-6-15/h3-9,12-13,30-31H,10-11H2,1-2H3/t13-/m1/s1. The quantitative estimate of drug-likeness (QED) is 0.556. The molecule has 0 spiro atoms. The highest BCUT2D eigenvalue weighted by Gasteiger charge is 2.38. The fourth-order valence-electron chi connectivity index (χ4n) is 4.02. The van der Waals surface area contributed by atoms with Crippen molar-refractivity contribution in [1.82, 2.24) is 23.8 Å². The Balaban J connectivity index is 1.61. The van der Waals surface area contributed by atoms with Crippen LogP contribution in [0.2, 0.25) is 0 Å². The molecule has 2 aromatic heterocycles. The number of carbonyl (C=O) groups excluding carboxylic acids is 1. The first kappa shape index (κ1) is 21.8. The average molecular weight is 489 g/mol. The average Bonchev–Trinajstić information content (AvgIpc) is 3.38. The lowest BCUT2D eigenvalue weighted by Crippen LogP contribution is -2.41. The fourth-order valence-corrected chi connectivity index (χ4v) is 5.76. The lowest BCUT2D eigenvalue weighted by molar-refractivity contribution is 0.0645. The van der Waals surface area contributed by atoms with Gasteiger partial charge in [0.15, 0.2) is 16.6 Å². The van der Waals surface area contributed by atoms with E-state index in [-0.39, 0.29) is 5.91 Å². The molecule has 2 aliphatic heterocycles. The molecule has 0 unspecified atom stereocenters. The van der Waals surface area contributed by atoms with Crippen LogP contribution >= 0.6 is 22.3 Å². The second kappa shape index (κ2) is 8.06. The minimum Gasteiger partial charge on any atom is -0.328 e. The van der Waals surface area contributed by atoms with Gasteiger partial charge in [-0.15, -0.1) is 0 Å². The van der Waals surface area contributed by atoms with Crippen LogP contribution < -0.4 is 4.31 Å². The Kier molecular flexibility index (Phi) is 5.32. The molecule has 5 rings (SSSR count). The molecule has 3 aromatic rings. The molecule has 1 amide bonds. The number of amides is 1. The van der Waals surface area contributed by atoms with E-state index in [1.165, 1.54) is 45.5 Å².